The Morgan fingerprint density at radius 1 is 1.15 bits per heavy atom. The smallest absolute Gasteiger partial charge is 0.205 e. The average Bonchev–Trinajstić information content (AvgIpc) is 2.73. The summed E-state index contributed by atoms with van der Waals surface area (Å²) in [5, 5.41) is 0. The van der Waals surface area contributed by atoms with Crippen LogP contribution in [0, 0.1) is 5.82 Å². The second kappa shape index (κ2) is 4.63. The van der Waals surface area contributed by atoms with Crippen molar-refractivity contribution >= 4 is 17.0 Å². The maximum absolute atomic E-state index is 13.3. The van der Waals surface area contributed by atoms with Crippen LogP contribution in [-0.2, 0) is 0 Å². The molecule has 0 spiro atoms. The van der Waals surface area contributed by atoms with E-state index in [-0.39, 0.29) is 5.82 Å². The van der Waals surface area contributed by atoms with Crippen molar-refractivity contribution in [1.82, 2.24) is 9.55 Å². The average molecular weight is 269 g/mol. The molecule has 0 saturated carbocycles. The van der Waals surface area contributed by atoms with Crippen LogP contribution in [0.15, 0.2) is 42.5 Å². The number of halogens is 1. The number of fused-ring (bicyclic) bond motifs is 1. The first-order valence-electron chi connectivity index (χ1n) is 6.60. The summed E-state index contributed by atoms with van der Waals surface area (Å²) in [4.78, 5) is 4.23. The van der Waals surface area contributed by atoms with Crippen molar-refractivity contribution < 1.29 is 4.39 Å². The van der Waals surface area contributed by atoms with E-state index in [0.29, 0.717) is 17.4 Å². The van der Waals surface area contributed by atoms with Crippen LogP contribution in [0.5, 0.6) is 0 Å². The minimum atomic E-state index is -0.307. The molecule has 0 amide bonds. The molecule has 2 aromatic carbocycles. The molecular weight excluding hydrogens is 253 g/mol. The fraction of sp³-hybridized carbons (Fsp3) is 0.188. The number of nitrogen functional groups attached to an aromatic ring is 1. The first-order valence-corrected chi connectivity index (χ1v) is 6.60. The van der Waals surface area contributed by atoms with Gasteiger partial charge in [0.25, 0.3) is 0 Å². The zero-order chi connectivity index (χ0) is 14.3. The van der Waals surface area contributed by atoms with Crippen molar-refractivity contribution in [3.63, 3.8) is 0 Å². The summed E-state index contributed by atoms with van der Waals surface area (Å²) in [6.07, 6.45) is 0. The third-order valence-corrected chi connectivity index (χ3v) is 3.44. The zero-order valence-electron chi connectivity index (χ0n) is 11.5. The number of imidazole rings is 1. The van der Waals surface area contributed by atoms with Crippen LogP contribution in [0.2, 0.25) is 0 Å². The minimum absolute atomic E-state index is 0.307. The van der Waals surface area contributed by atoms with Gasteiger partial charge in [-0.2, -0.15) is 0 Å². The first kappa shape index (κ1) is 12.7. The topological polar surface area (TPSA) is 43.8 Å². The SMILES string of the molecule is CC(C)c1cccc(-n2c(N)nc3cc(F)ccc32)c1. The summed E-state index contributed by atoms with van der Waals surface area (Å²) in [5.74, 6) is 0.494. The molecule has 0 saturated heterocycles. The minimum Gasteiger partial charge on any atom is -0.369 e. The molecule has 0 unspecified atom stereocenters. The highest BCUT2D eigenvalue weighted by atomic mass is 19.1. The van der Waals surface area contributed by atoms with Gasteiger partial charge in [-0.05, 0) is 35.7 Å². The quantitative estimate of drug-likeness (QED) is 0.767. The molecule has 0 bridgehead atoms. The number of aromatic nitrogens is 2. The molecular formula is C16H16FN3. The Morgan fingerprint density at radius 2 is 1.95 bits per heavy atom. The van der Waals surface area contributed by atoms with E-state index in [1.807, 2.05) is 16.7 Å². The van der Waals surface area contributed by atoms with Gasteiger partial charge in [-0.3, -0.25) is 4.57 Å². The third kappa shape index (κ3) is 2.03. The summed E-state index contributed by atoms with van der Waals surface area (Å²) in [7, 11) is 0. The van der Waals surface area contributed by atoms with Crippen LogP contribution >= 0.6 is 0 Å². The largest absolute Gasteiger partial charge is 0.369 e. The Balaban J connectivity index is 2.24. The lowest BCUT2D eigenvalue weighted by Crippen LogP contribution is -2.01. The van der Waals surface area contributed by atoms with Crippen molar-refractivity contribution in [2.75, 3.05) is 5.73 Å². The third-order valence-electron chi connectivity index (χ3n) is 3.44. The van der Waals surface area contributed by atoms with Crippen LogP contribution in [0.25, 0.3) is 16.7 Å². The molecule has 4 heteroatoms. The number of nitrogens with two attached hydrogens (primary N) is 1. The summed E-state index contributed by atoms with van der Waals surface area (Å²) in [6.45, 7) is 4.29. The summed E-state index contributed by atoms with van der Waals surface area (Å²) in [6, 6.07) is 12.7. The van der Waals surface area contributed by atoms with Gasteiger partial charge in [0.15, 0.2) is 0 Å². The van der Waals surface area contributed by atoms with Crippen molar-refractivity contribution in [3.05, 3.63) is 53.8 Å². The molecule has 1 aromatic heterocycles. The van der Waals surface area contributed by atoms with Gasteiger partial charge in [0.2, 0.25) is 5.95 Å². The van der Waals surface area contributed by atoms with Crippen LogP contribution in [0.4, 0.5) is 10.3 Å². The van der Waals surface area contributed by atoms with Gasteiger partial charge in [-0.25, -0.2) is 9.37 Å². The van der Waals surface area contributed by atoms with Gasteiger partial charge in [0.05, 0.1) is 11.0 Å². The van der Waals surface area contributed by atoms with E-state index < -0.39 is 0 Å². The molecule has 3 nitrogen and oxygen atoms in total. The normalized spacial score (nSPS) is 11.4. The molecule has 0 aliphatic rings. The number of hydrogen-bond donors (Lipinski definition) is 1. The van der Waals surface area contributed by atoms with E-state index in [1.165, 1.54) is 17.7 Å². The van der Waals surface area contributed by atoms with Crippen molar-refractivity contribution in [3.8, 4) is 5.69 Å². The van der Waals surface area contributed by atoms with E-state index in [9.17, 15) is 4.39 Å². The molecule has 0 radical (unpaired) electrons. The Bertz CT molecular complexity index is 774. The molecule has 2 N–H and O–H groups in total. The van der Waals surface area contributed by atoms with E-state index in [4.69, 9.17) is 5.73 Å². The molecule has 0 atom stereocenters. The van der Waals surface area contributed by atoms with Crippen molar-refractivity contribution in [2.45, 2.75) is 19.8 Å². The first-order chi connectivity index (χ1) is 9.56. The maximum Gasteiger partial charge on any atom is 0.205 e. The number of anilines is 1. The van der Waals surface area contributed by atoms with E-state index in [2.05, 4.69) is 31.0 Å². The molecule has 3 aromatic rings. The van der Waals surface area contributed by atoms with Gasteiger partial charge >= 0.3 is 0 Å². The number of rotatable bonds is 2. The molecule has 102 valence electrons. The Kier molecular flexibility index (Phi) is 2.93. The molecule has 0 aliphatic heterocycles. The standard InChI is InChI=1S/C16H16FN3/c1-10(2)11-4-3-5-13(8-11)20-15-7-6-12(17)9-14(15)19-16(20)18/h3-10H,1-2H3,(H2,18,19). The number of nitrogens with zero attached hydrogens (tertiary/aromatic N) is 2. The van der Waals surface area contributed by atoms with Gasteiger partial charge in [-0.1, -0.05) is 26.0 Å². The number of hydrogen-bond acceptors (Lipinski definition) is 2. The van der Waals surface area contributed by atoms with E-state index >= 15 is 0 Å². The Labute approximate surface area is 116 Å². The monoisotopic (exact) mass is 269 g/mol. The lowest BCUT2D eigenvalue weighted by Gasteiger charge is -2.10. The van der Waals surface area contributed by atoms with Crippen molar-refractivity contribution in [2.24, 2.45) is 0 Å². The summed E-state index contributed by atoms with van der Waals surface area (Å²) >= 11 is 0. The highest BCUT2D eigenvalue weighted by Crippen LogP contribution is 2.25. The van der Waals surface area contributed by atoms with E-state index in [0.717, 1.165) is 11.2 Å². The van der Waals surface area contributed by atoms with Crippen LogP contribution < -0.4 is 5.73 Å². The van der Waals surface area contributed by atoms with Crippen LogP contribution in [-0.4, -0.2) is 9.55 Å². The highest BCUT2D eigenvalue weighted by molar-refractivity contribution is 5.80. The summed E-state index contributed by atoms with van der Waals surface area (Å²) < 4.78 is 15.1. The van der Waals surface area contributed by atoms with Crippen LogP contribution in [0.1, 0.15) is 25.3 Å². The molecule has 1 heterocycles. The predicted octanol–water partition coefficient (Wildman–Crippen LogP) is 3.87. The van der Waals surface area contributed by atoms with Gasteiger partial charge < -0.3 is 5.73 Å². The van der Waals surface area contributed by atoms with Crippen molar-refractivity contribution in [1.29, 1.82) is 0 Å². The predicted molar refractivity (Wildman–Crippen MR) is 79.5 cm³/mol. The van der Waals surface area contributed by atoms with Gasteiger partial charge in [-0.15, -0.1) is 0 Å². The molecule has 3 rings (SSSR count). The maximum atomic E-state index is 13.3. The zero-order valence-corrected chi connectivity index (χ0v) is 11.5. The molecule has 20 heavy (non-hydrogen) atoms. The Morgan fingerprint density at radius 3 is 2.70 bits per heavy atom. The van der Waals surface area contributed by atoms with Crippen LogP contribution in [0.3, 0.4) is 0 Å². The lowest BCUT2D eigenvalue weighted by molar-refractivity contribution is 0.629. The van der Waals surface area contributed by atoms with E-state index in [1.54, 1.807) is 6.07 Å². The fourth-order valence-corrected chi connectivity index (χ4v) is 2.37. The lowest BCUT2D eigenvalue weighted by atomic mass is 10.0. The van der Waals surface area contributed by atoms with Gasteiger partial charge in [0.1, 0.15) is 5.82 Å². The second-order valence-electron chi connectivity index (χ2n) is 5.19. The second-order valence-corrected chi connectivity index (χ2v) is 5.19. The molecule has 0 aliphatic carbocycles. The number of benzene rings is 2. The fourth-order valence-electron chi connectivity index (χ4n) is 2.37. The highest BCUT2D eigenvalue weighted by Gasteiger charge is 2.11. The van der Waals surface area contributed by atoms with Gasteiger partial charge in [0, 0.05) is 11.8 Å². The summed E-state index contributed by atoms with van der Waals surface area (Å²) in [5.41, 5.74) is 9.54. The Hall–Kier alpha value is -2.36. The molecule has 0 fully saturated rings.